The molecule has 0 aliphatic carbocycles. The lowest BCUT2D eigenvalue weighted by Gasteiger charge is -2.24. The van der Waals surface area contributed by atoms with Gasteiger partial charge in [0.05, 0.1) is 12.1 Å². The summed E-state index contributed by atoms with van der Waals surface area (Å²) in [6, 6.07) is 7.11. The van der Waals surface area contributed by atoms with Crippen LogP contribution in [0.15, 0.2) is 30.3 Å². The van der Waals surface area contributed by atoms with Gasteiger partial charge in [-0.15, -0.1) is 0 Å². The molecule has 0 saturated carbocycles. The molecule has 140 valence electrons. The molecule has 0 saturated heterocycles. The number of Topliss-reactive ketones (excluding diaryl/α,β-unsaturated/α-hetero) is 1. The van der Waals surface area contributed by atoms with Crippen LogP contribution in [0.3, 0.4) is 0 Å². The van der Waals surface area contributed by atoms with E-state index in [4.69, 9.17) is 16.3 Å². The third-order valence-corrected chi connectivity index (χ3v) is 4.68. The minimum absolute atomic E-state index is 0.0231. The highest BCUT2D eigenvalue weighted by atomic mass is 35.5. The van der Waals surface area contributed by atoms with Crippen LogP contribution in [-0.2, 0) is 6.42 Å². The Morgan fingerprint density at radius 1 is 1.23 bits per heavy atom. The molecule has 6 heteroatoms. The number of carbonyl (C=O) groups excluding carboxylic acids is 1. The first kappa shape index (κ1) is 20.3. The summed E-state index contributed by atoms with van der Waals surface area (Å²) in [5, 5.41) is 9.17. The van der Waals surface area contributed by atoms with Crippen LogP contribution in [0.1, 0.15) is 41.8 Å². The summed E-state index contributed by atoms with van der Waals surface area (Å²) in [5.74, 6) is -1.61. The van der Waals surface area contributed by atoms with Gasteiger partial charge in [-0.1, -0.05) is 37.6 Å². The van der Waals surface area contributed by atoms with Crippen LogP contribution < -0.4 is 4.74 Å². The van der Waals surface area contributed by atoms with E-state index in [1.165, 1.54) is 19.2 Å². The van der Waals surface area contributed by atoms with E-state index in [-0.39, 0.29) is 41.6 Å². The van der Waals surface area contributed by atoms with E-state index in [0.29, 0.717) is 11.1 Å². The monoisotopic (exact) mass is 382 g/mol. The first-order chi connectivity index (χ1) is 12.2. The van der Waals surface area contributed by atoms with Crippen LogP contribution in [0.2, 0.25) is 5.02 Å². The Balaban J connectivity index is 2.56. The Morgan fingerprint density at radius 2 is 1.92 bits per heavy atom. The van der Waals surface area contributed by atoms with Gasteiger partial charge in [0.15, 0.2) is 17.3 Å². The number of hydrogen-bond donors (Lipinski definition) is 1. The second kappa shape index (κ2) is 8.14. The normalized spacial score (nSPS) is 11.5. The minimum Gasteiger partial charge on any atom is -0.494 e. The molecule has 0 aliphatic heterocycles. The van der Waals surface area contributed by atoms with Crippen LogP contribution in [0, 0.1) is 17.0 Å². The molecule has 0 radical (unpaired) electrons. The third kappa shape index (κ3) is 4.22. The fourth-order valence-electron chi connectivity index (χ4n) is 2.76. The van der Waals surface area contributed by atoms with E-state index in [0.717, 1.165) is 6.07 Å². The zero-order valence-corrected chi connectivity index (χ0v) is 15.7. The van der Waals surface area contributed by atoms with Crippen molar-refractivity contribution < 1.29 is 23.4 Å². The number of rotatable bonds is 7. The maximum Gasteiger partial charge on any atom is 0.168 e. The van der Waals surface area contributed by atoms with Crippen molar-refractivity contribution in [2.45, 2.75) is 26.7 Å². The van der Waals surface area contributed by atoms with E-state index >= 15 is 0 Å². The highest BCUT2D eigenvalue weighted by Gasteiger charge is 2.31. The zero-order valence-electron chi connectivity index (χ0n) is 14.9. The molecule has 0 unspecified atom stereocenters. The molecule has 2 rings (SSSR count). The fourth-order valence-corrected chi connectivity index (χ4v) is 2.95. The van der Waals surface area contributed by atoms with Crippen LogP contribution in [0.5, 0.6) is 5.75 Å². The number of carbonyl (C=O) groups is 1. The number of benzene rings is 2. The summed E-state index contributed by atoms with van der Waals surface area (Å²) < 4.78 is 33.5. The molecule has 3 nitrogen and oxygen atoms in total. The van der Waals surface area contributed by atoms with Gasteiger partial charge in [0.1, 0.15) is 5.82 Å². The summed E-state index contributed by atoms with van der Waals surface area (Å²) in [4.78, 5) is 12.9. The molecular formula is C20H21ClF2O3. The molecular weight excluding hydrogens is 362 g/mol. The van der Waals surface area contributed by atoms with Gasteiger partial charge in [-0.2, -0.15) is 0 Å². The SMILES string of the molecule is COc1cc(Cc2cccc(Cl)c2F)c(C(=O)C(C)(C)CCO)cc1F. The molecule has 0 amide bonds. The molecule has 0 fully saturated rings. The molecule has 0 bridgehead atoms. The summed E-state index contributed by atoms with van der Waals surface area (Å²) in [7, 11) is 1.32. The van der Waals surface area contributed by atoms with E-state index in [2.05, 4.69) is 0 Å². The Hall–Kier alpha value is -1.98. The van der Waals surface area contributed by atoms with Crippen LogP contribution in [0.25, 0.3) is 0 Å². The van der Waals surface area contributed by atoms with E-state index in [1.807, 2.05) is 0 Å². The smallest absolute Gasteiger partial charge is 0.168 e. The highest BCUT2D eigenvalue weighted by molar-refractivity contribution is 6.30. The lowest BCUT2D eigenvalue weighted by molar-refractivity contribution is 0.0793. The lowest BCUT2D eigenvalue weighted by atomic mass is 9.79. The highest BCUT2D eigenvalue weighted by Crippen LogP contribution is 2.32. The topological polar surface area (TPSA) is 46.5 Å². The van der Waals surface area contributed by atoms with Crippen molar-refractivity contribution in [2.24, 2.45) is 5.41 Å². The van der Waals surface area contributed by atoms with Crippen LogP contribution in [-0.4, -0.2) is 24.6 Å². The Morgan fingerprint density at radius 3 is 2.54 bits per heavy atom. The Labute approximate surface area is 156 Å². The second-order valence-electron chi connectivity index (χ2n) is 6.72. The first-order valence-corrected chi connectivity index (χ1v) is 8.54. The first-order valence-electron chi connectivity index (χ1n) is 8.16. The van der Waals surface area contributed by atoms with Crippen LogP contribution >= 0.6 is 11.6 Å². The molecule has 26 heavy (non-hydrogen) atoms. The van der Waals surface area contributed by atoms with Crippen molar-refractivity contribution in [3.05, 3.63) is 63.7 Å². The zero-order chi connectivity index (χ0) is 19.5. The lowest BCUT2D eigenvalue weighted by Crippen LogP contribution is -2.27. The number of aliphatic hydroxyl groups is 1. The van der Waals surface area contributed by atoms with E-state index in [9.17, 15) is 18.7 Å². The molecule has 1 N–H and O–H groups in total. The number of halogens is 3. The van der Waals surface area contributed by atoms with Crippen LogP contribution in [0.4, 0.5) is 8.78 Å². The Kier molecular flexibility index (Phi) is 6.37. The van der Waals surface area contributed by atoms with Gasteiger partial charge in [-0.25, -0.2) is 8.78 Å². The number of aliphatic hydroxyl groups excluding tert-OH is 1. The maximum atomic E-state index is 14.3. The van der Waals surface area contributed by atoms with Gasteiger partial charge < -0.3 is 9.84 Å². The molecule has 0 atom stereocenters. The fraction of sp³-hybridized carbons (Fsp3) is 0.350. The van der Waals surface area contributed by atoms with Crippen molar-refractivity contribution in [1.29, 1.82) is 0 Å². The molecule has 0 aliphatic rings. The quantitative estimate of drug-likeness (QED) is 0.699. The second-order valence-corrected chi connectivity index (χ2v) is 7.13. The van der Waals surface area contributed by atoms with Crippen molar-refractivity contribution >= 4 is 17.4 Å². The molecule has 0 aromatic heterocycles. The number of methoxy groups -OCH3 is 1. The minimum atomic E-state index is -0.891. The predicted molar refractivity (Wildman–Crippen MR) is 97.0 cm³/mol. The van der Waals surface area contributed by atoms with Crippen molar-refractivity contribution in [1.82, 2.24) is 0 Å². The molecule has 2 aromatic carbocycles. The standard InChI is InChI=1S/C20H21ClF2O3/c1-20(2,7-8-24)19(25)14-11-16(22)17(26-3)10-13(14)9-12-5-4-6-15(21)18(12)23/h4-6,10-11,24H,7-9H2,1-3H3. The van der Waals surface area contributed by atoms with Crippen molar-refractivity contribution in [3.8, 4) is 5.75 Å². The predicted octanol–water partition coefficient (Wildman–Crippen LogP) is 4.81. The van der Waals surface area contributed by atoms with Gasteiger partial charge in [0, 0.05) is 24.0 Å². The summed E-state index contributed by atoms with van der Waals surface area (Å²) in [6.45, 7) is 3.19. The van der Waals surface area contributed by atoms with Crippen molar-refractivity contribution in [2.75, 3.05) is 13.7 Å². The Bertz CT molecular complexity index is 819. The average Bonchev–Trinajstić information content (AvgIpc) is 2.59. The maximum absolute atomic E-state index is 14.3. The molecule has 2 aromatic rings. The van der Waals surface area contributed by atoms with E-state index in [1.54, 1.807) is 26.0 Å². The third-order valence-electron chi connectivity index (χ3n) is 4.39. The number of hydrogen-bond acceptors (Lipinski definition) is 3. The van der Waals surface area contributed by atoms with Gasteiger partial charge >= 0.3 is 0 Å². The molecule has 0 spiro atoms. The largest absolute Gasteiger partial charge is 0.494 e. The number of ketones is 1. The van der Waals surface area contributed by atoms with Gasteiger partial charge in [-0.05, 0) is 35.7 Å². The molecule has 0 heterocycles. The summed E-state index contributed by atoms with van der Waals surface area (Å²) in [6.07, 6.45) is 0.282. The van der Waals surface area contributed by atoms with Gasteiger partial charge in [-0.3, -0.25) is 4.79 Å². The van der Waals surface area contributed by atoms with E-state index < -0.39 is 17.0 Å². The number of ether oxygens (including phenoxy) is 1. The van der Waals surface area contributed by atoms with Gasteiger partial charge in [0.25, 0.3) is 0 Å². The van der Waals surface area contributed by atoms with Gasteiger partial charge in [0.2, 0.25) is 0 Å². The summed E-state index contributed by atoms with van der Waals surface area (Å²) >= 11 is 5.83. The van der Waals surface area contributed by atoms with Crippen molar-refractivity contribution in [3.63, 3.8) is 0 Å². The average molecular weight is 383 g/mol. The summed E-state index contributed by atoms with van der Waals surface area (Å²) in [5.41, 5.74) is -0.0287.